The molecule has 0 unspecified atom stereocenters. The van der Waals surface area contributed by atoms with Crippen molar-refractivity contribution in [3.8, 4) is 0 Å². The van der Waals surface area contributed by atoms with Crippen LogP contribution in [0, 0.1) is 12.7 Å². The molecule has 0 radical (unpaired) electrons. The quantitative estimate of drug-likeness (QED) is 0.434. The number of benzene rings is 3. The largest absolute Gasteiger partial charge is 0.338 e. The highest BCUT2D eigenvalue weighted by Gasteiger charge is 2.16. The summed E-state index contributed by atoms with van der Waals surface area (Å²) in [5.41, 5.74) is 3.35. The fourth-order valence-electron chi connectivity index (χ4n) is 3.08. The van der Waals surface area contributed by atoms with E-state index in [1.807, 2.05) is 61.5 Å². The van der Waals surface area contributed by atoms with Crippen LogP contribution in [0.15, 0.2) is 78.9 Å². The van der Waals surface area contributed by atoms with E-state index in [9.17, 15) is 14.0 Å². The number of carbonyl (C=O) groups is 2. The third-order valence-electron chi connectivity index (χ3n) is 4.83. The number of nitrogens with one attached hydrogen (secondary N) is 3. The molecule has 3 N–H and O–H groups in total. The first-order valence-corrected chi connectivity index (χ1v) is 10.5. The van der Waals surface area contributed by atoms with Gasteiger partial charge in [0.1, 0.15) is 5.82 Å². The van der Waals surface area contributed by atoms with E-state index >= 15 is 0 Å². The Morgan fingerprint density at radius 3 is 2.25 bits per heavy atom. The Morgan fingerprint density at radius 1 is 0.875 bits per heavy atom. The zero-order chi connectivity index (χ0) is 22.8. The molecule has 3 rings (SSSR count). The third-order valence-corrected chi connectivity index (χ3v) is 4.83. The van der Waals surface area contributed by atoms with Crippen molar-refractivity contribution in [3.63, 3.8) is 0 Å². The second-order valence-corrected chi connectivity index (χ2v) is 7.37. The van der Waals surface area contributed by atoms with Crippen molar-refractivity contribution in [1.82, 2.24) is 10.6 Å². The van der Waals surface area contributed by atoms with Crippen LogP contribution >= 0.6 is 0 Å². The van der Waals surface area contributed by atoms with Gasteiger partial charge in [0.15, 0.2) is 0 Å². The van der Waals surface area contributed by atoms with E-state index in [4.69, 9.17) is 0 Å². The second-order valence-electron chi connectivity index (χ2n) is 7.37. The maximum absolute atomic E-state index is 13.4. The summed E-state index contributed by atoms with van der Waals surface area (Å²) in [4.78, 5) is 26.4. The first-order valence-electron chi connectivity index (χ1n) is 10.5. The molecule has 0 saturated heterocycles. The maximum atomic E-state index is 13.4. The molecular formula is C25H27FN4O2. The number of amides is 4. The van der Waals surface area contributed by atoms with Gasteiger partial charge in [-0.3, -0.25) is 4.90 Å². The van der Waals surface area contributed by atoms with E-state index in [2.05, 4.69) is 16.0 Å². The first-order chi connectivity index (χ1) is 15.5. The van der Waals surface area contributed by atoms with Gasteiger partial charge in [0, 0.05) is 31.0 Å². The molecule has 7 heteroatoms. The summed E-state index contributed by atoms with van der Waals surface area (Å²) < 4.78 is 13.4. The van der Waals surface area contributed by atoms with Crippen molar-refractivity contribution >= 4 is 23.4 Å². The standard InChI is InChI=1S/C25H27FN4O2/c1-19-8-12-22(13-9-19)29-25(32)30(23-14-10-21(26)11-15-23)17-5-16-27-24(31)28-18-20-6-3-2-4-7-20/h2-4,6-15H,5,16-18H2,1H3,(H,29,32)(H2,27,28,31). The van der Waals surface area contributed by atoms with E-state index in [0.717, 1.165) is 11.1 Å². The van der Waals surface area contributed by atoms with Gasteiger partial charge in [0.05, 0.1) is 0 Å². The summed E-state index contributed by atoms with van der Waals surface area (Å²) in [6.07, 6.45) is 0.525. The summed E-state index contributed by atoms with van der Waals surface area (Å²) >= 11 is 0. The minimum Gasteiger partial charge on any atom is -0.338 e. The predicted molar refractivity (Wildman–Crippen MR) is 125 cm³/mol. The fourth-order valence-corrected chi connectivity index (χ4v) is 3.08. The van der Waals surface area contributed by atoms with Crippen molar-refractivity contribution in [2.75, 3.05) is 23.3 Å². The molecule has 3 aromatic carbocycles. The number of aryl methyl sites for hydroxylation is 1. The van der Waals surface area contributed by atoms with Crippen LogP contribution in [0.25, 0.3) is 0 Å². The van der Waals surface area contributed by atoms with Gasteiger partial charge in [0.25, 0.3) is 0 Å². The summed E-state index contributed by atoms with van der Waals surface area (Å²) in [6.45, 7) is 3.14. The molecule has 0 saturated carbocycles. The summed E-state index contributed by atoms with van der Waals surface area (Å²) in [6, 6.07) is 22.3. The van der Waals surface area contributed by atoms with Gasteiger partial charge < -0.3 is 16.0 Å². The molecule has 0 aliphatic rings. The summed E-state index contributed by atoms with van der Waals surface area (Å²) in [5.74, 6) is -0.371. The van der Waals surface area contributed by atoms with Crippen molar-refractivity contribution < 1.29 is 14.0 Å². The number of hydrogen-bond donors (Lipinski definition) is 3. The lowest BCUT2D eigenvalue weighted by Gasteiger charge is -2.23. The fraction of sp³-hybridized carbons (Fsp3) is 0.200. The Hall–Kier alpha value is -3.87. The predicted octanol–water partition coefficient (Wildman–Crippen LogP) is 5.06. The minimum atomic E-state index is -0.371. The number of carbonyl (C=O) groups excluding carboxylic acids is 2. The Balaban J connectivity index is 1.53. The Morgan fingerprint density at radius 2 is 1.56 bits per heavy atom. The van der Waals surface area contributed by atoms with E-state index in [-0.39, 0.29) is 17.9 Å². The molecule has 0 heterocycles. The van der Waals surface area contributed by atoms with Gasteiger partial charge in [-0.15, -0.1) is 0 Å². The average molecular weight is 435 g/mol. The lowest BCUT2D eigenvalue weighted by Crippen LogP contribution is -2.39. The minimum absolute atomic E-state index is 0.272. The zero-order valence-electron chi connectivity index (χ0n) is 18.0. The summed E-state index contributed by atoms with van der Waals surface area (Å²) in [7, 11) is 0. The molecule has 0 spiro atoms. The molecule has 0 atom stereocenters. The van der Waals surface area contributed by atoms with Crippen LogP contribution < -0.4 is 20.9 Å². The van der Waals surface area contributed by atoms with E-state index in [1.54, 1.807) is 12.1 Å². The smallest absolute Gasteiger partial charge is 0.326 e. The van der Waals surface area contributed by atoms with Gasteiger partial charge in [-0.25, -0.2) is 14.0 Å². The normalized spacial score (nSPS) is 10.3. The van der Waals surface area contributed by atoms with Gasteiger partial charge in [-0.05, 0) is 55.3 Å². The molecular weight excluding hydrogens is 407 g/mol. The van der Waals surface area contributed by atoms with Crippen LogP contribution in [0.3, 0.4) is 0 Å². The molecule has 3 aromatic rings. The number of anilines is 2. The highest BCUT2D eigenvalue weighted by atomic mass is 19.1. The van der Waals surface area contributed by atoms with Crippen LogP contribution in [0.5, 0.6) is 0 Å². The molecule has 32 heavy (non-hydrogen) atoms. The molecule has 0 aliphatic heterocycles. The molecule has 166 valence electrons. The first kappa shape index (κ1) is 22.8. The number of rotatable bonds is 8. The molecule has 0 fully saturated rings. The highest BCUT2D eigenvalue weighted by molar-refractivity contribution is 6.01. The maximum Gasteiger partial charge on any atom is 0.326 e. The highest BCUT2D eigenvalue weighted by Crippen LogP contribution is 2.18. The lowest BCUT2D eigenvalue weighted by atomic mass is 10.2. The van der Waals surface area contributed by atoms with E-state index in [0.29, 0.717) is 37.4 Å². The molecule has 6 nitrogen and oxygen atoms in total. The van der Waals surface area contributed by atoms with Crippen LogP contribution in [0.4, 0.5) is 25.4 Å². The number of nitrogens with zero attached hydrogens (tertiary/aromatic N) is 1. The lowest BCUT2D eigenvalue weighted by molar-refractivity contribution is 0.240. The van der Waals surface area contributed by atoms with Crippen LogP contribution in [0.2, 0.25) is 0 Å². The Kier molecular flexibility index (Phi) is 8.20. The molecule has 0 aliphatic carbocycles. The molecule has 4 amide bonds. The van der Waals surface area contributed by atoms with Gasteiger partial charge in [-0.1, -0.05) is 48.0 Å². The Bertz CT molecular complexity index is 1010. The van der Waals surface area contributed by atoms with E-state index in [1.165, 1.54) is 17.0 Å². The van der Waals surface area contributed by atoms with Gasteiger partial charge >= 0.3 is 12.1 Å². The van der Waals surface area contributed by atoms with Crippen molar-refractivity contribution in [2.24, 2.45) is 0 Å². The van der Waals surface area contributed by atoms with Crippen molar-refractivity contribution in [3.05, 3.63) is 95.8 Å². The molecule has 0 bridgehead atoms. The van der Waals surface area contributed by atoms with Crippen LogP contribution in [-0.4, -0.2) is 25.2 Å². The van der Waals surface area contributed by atoms with Crippen LogP contribution in [0.1, 0.15) is 17.5 Å². The topological polar surface area (TPSA) is 73.5 Å². The summed E-state index contributed by atoms with van der Waals surface area (Å²) in [5, 5.41) is 8.46. The third kappa shape index (κ3) is 7.12. The zero-order valence-corrected chi connectivity index (χ0v) is 18.0. The number of hydrogen-bond acceptors (Lipinski definition) is 2. The van der Waals surface area contributed by atoms with Gasteiger partial charge in [-0.2, -0.15) is 0 Å². The average Bonchev–Trinajstić information content (AvgIpc) is 2.80. The van der Waals surface area contributed by atoms with Crippen LogP contribution in [-0.2, 0) is 6.54 Å². The van der Waals surface area contributed by atoms with Gasteiger partial charge in [0.2, 0.25) is 0 Å². The van der Waals surface area contributed by atoms with Crippen molar-refractivity contribution in [1.29, 1.82) is 0 Å². The number of urea groups is 2. The monoisotopic (exact) mass is 434 g/mol. The van der Waals surface area contributed by atoms with E-state index < -0.39 is 0 Å². The number of halogens is 1. The second kappa shape index (κ2) is 11.5. The van der Waals surface area contributed by atoms with Crippen molar-refractivity contribution in [2.45, 2.75) is 19.9 Å². The SMILES string of the molecule is Cc1ccc(NC(=O)N(CCCNC(=O)NCc2ccccc2)c2ccc(F)cc2)cc1. The molecule has 0 aromatic heterocycles. The Labute approximate surface area is 187 Å².